The summed E-state index contributed by atoms with van der Waals surface area (Å²) in [6.07, 6.45) is 0. The third kappa shape index (κ3) is 4.60. The van der Waals surface area contributed by atoms with Crippen molar-refractivity contribution in [3.63, 3.8) is 0 Å². The zero-order chi connectivity index (χ0) is 26.9. The molecular formula is C26H24N2O8S. The van der Waals surface area contributed by atoms with Crippen molar-refractivity contribution in [1.82, 2.24) is 4.98 Å². The summed E-state index contributed by atoms with van der Waals surface area (Å²) in [6, 6.07) is 9.66. The van der Waals surface area contributed by atoms with E-state index in [9.17, 15) is 24.6 Å². The molecule has 1 aliphatic rings. The number of aliphatic hydroxyl groups is 1. The van der Waals surface area contributed by atoms with Crippen molar-refractivity contribution in [2.45, 2.75) is 19.9 Å². The molecule has 2 heterocycles. The van der Waals surface area contributed by atoms with E-state index >= 15 is 0 Å². The fourth-order valence-electron chi connectivity index (χ4n) is 4.01. The lowest BCUT2D eigenvalue weighted by Crippen LogP contribution is -2.29. The number of hydrogen-bond acceptors (Lipinski definition) is 10. The SMILES string of the molecule is CCOc1cc([C@@H]2/C(=C(\O)c3cccc(OC)c3)C(=O)C(=O)N2c2nc(C)c(C(=O)OC)s2)ccc1O. The first-order chi connectivity index (χ1) is 17.7. The molecule has 0 radical (unpaired) electrons. The molecule has 1 fully saturated rings. The average molecular weight is 525 g/mol. The number of nitrogens with zero attached hydrogens (tertiary/aromatic N) is 2. The van der Waals surface area contributed by atoms with E-state index in [-0.39, 0.29) is 39.3 Å². The maximum absolute atomic E-state index is 13.4. The zero-order valence-corrected chi connectivity index (χ0v) is 21.3. The number of aliphatic hydroxyl groups excluding tert-OH is 1. The maximum atomic E-state index is 13.4. The van der Waals surface area contributed by atoms with Crippen LogP contribution in [0.1, 0.15) is 39.5 Å². The van der Waals surface area contributed by atoms with E-state index in [0.29, 0.717) is 17.0 Å². The van der Waals surface area contributed by atoms with Gasteiger partial charge in [0.25, 0.3) is 5.78 Å². The maximum Gasteiger partial charge on any atom is 0.350 e. The fraction of sp³-hybridized carbons (Fsp3) is 0.231. The van der Waals surface area contributed by atoms with Crippen molar-refractivity contribution in [3.05, 3.63) is 69.7 Å². The van der Waals surface area contributed by atoms with Crippen LogP contribution in [-0.2, 0) is 14.3 Å². The summed E-state index contributed by atoms with van der Waals surface area (Å²) in [5, 5.41) is 21.6. The number of Topliss-reactive ketones (excluding diaryl/α,β-unsaturated/α-hetero) is 1. The van der Waals surface area contributed by atoms with E-state index < -0.39 is 29.5 Å². The highest BCUT2D eigenvalue weighted by Gasteiger charge is 2.48. The summed E-state index contributed by atoms with van der Waals surface area (Å²) in [5.74, 6) is -2.48. The van der Waals surface area contributed by atoms with Crippen molar-refractivity contribution in [1.29, 1.82) is 0 Å². The van der Waals surface area contributed by atoms with Crippen molar-refractivity contribution < 1.29 is 38.8 Å². The van der Waals surface area contributed by atoms with Gasteiger partial charge in [-0.15, -0.1) is 0 Å². The molecule has 1 amide bonds. The van der Waals surface area contributed by atoms with Gasteiger partial charge < -0.3 is 24.4 Å². The number of hydrogen-bond donors (Lipinski definition) is 2. The number of ether oxygens (including phenoxy) is 3. The van der Waals surface area contributed by atoms with E-state index in [4.69, 9.17) is 14.2 Å². The molecular weight excluding hydrogens is 500 g/mol. The lowest BCUT2D eigenvalue weighted by Gasteiger charge is -2.23. The molecule has 1 atom stereocenters. The van der Waals surface area contributed by atoms with Gasteiger partial charge in [0.1, 0.15) is 16.4 Å². The number of rotatable bonds is 7. The number of thiazole rings is 1. The van der Waals surface area contributed by atoms with Crippen molar-refractivity contribution in [2.75, 3.05) is 25.7 Å². The molecule has 192 valence electrons. The predicted octanol–water partition coefficient (Wildman–Crippen LogP) is 3.98. The van der Waals surface area contributed by atoms with Gasteiger partial charge in [0.2, 0.25) is 0 Å². The third-order valence-corrected chi connectivity index (χ3v) is 6.89. The highest BCUT2D eigenvalue weighted by Crippen LogP contribution is 2.45. The molecule has 2 N–H and O–H groups in total. The number of phenols is 1. The minimum Gasteiger partial charge on any atom is -0.507 e. The number of anilines is 1. The molecule has 0 spiro atoms. The summed E-state index contributed by atoms with van der Waals surface area (Å²) in [7, 11) is 2.70. The number of esters is 1. The quantitative estimate of drug-likeness (QED) is 0.204. The van der Waals surface area contributed by atoms with Crippen LogP contribution in [0, 0.1) is 6.92 Å². The first kappa shape index (κ1) is 25.7. The average Bonchev–Trinajstić information content (AvgIpc) is 3.41. The number of aryl methyl sites for hydroxylation is 1. The van der Waals surface area contributed by atoms with Crippen LogP contribution >= 0.6 is 11.3 Å². The molecule has 11 heteroatoms. The van der Waals surface area contributed by atoms with Crippen LogP contribution in [0.25, 0.3) is 5.76 Å². The lowest BCUT2D eigenvalue weighted by atomic mass is 9.95. The highest BCUT2D eigenvalue weighted by atomic mass is 32.1. The summed E-state index contributed by atoms with van der Waals surface area (Å²) >= 11 is 0.889. The van der Waals surface area contributed by atoms with Gasteiger partial charge in [-0.25, -0.2) is 9.78 Å². The van der Waals surface area contributed by atoms with Crippen LogP contribution in [0.5, 0.6) is 17.2 Å². The molecule has 0 bridgehead atoms. The van der Waals surface area contributed by atoms with Crippen LogP contribution in [0.2, 0.25) is 0 Å². The smallest absolute Gasteiger partial charge is 0.350 e. The summed E-state index contributed by atoms with van der Waals surface area (Å²) < 4.78 is 15.5. The van der Waals surface area contributed by atoms with Gasteiger partial charge in [0.05, 0.1) is 38.1 Å². The van der Waals surface area contributed by atoms with E-state index in [2.05, 4.69) is 4.98 Å². The van der Waals surface area contributed by atoms with E-state index in [1.54, 1.807) is 32.0 Å². The highest BCUT2D eigenvalue weighted by molar-refractivity contribution is 7.17. The van der Waals surface area contributed by atoms with Gasteiger partial charge in [-0.2, -0.15) is 0 Å². The minimum absolute atomic E-state index is 0.0701. The van der Waals surface area contributed by atoms with Gasteiger partial charge in [0, 0.05) is 5.56 Å². The molecule has 1 saturated heterocycles. The monoisotopic (exact) mass is 524 g/mol. The van der Waals surface area contributed by atoms with Crippen LogP contribution in [-0.4, -0.2) is 53.7 Å². The zero-order valence-electron chi connectivity index (χ0n) is 20.5. The Labute approximate surface area is 216 Å². The molecule has 10 nitrogen and oxygen atoms in total. The molecule has 1 aromatic heterocycles. The number of ketones is 1. The number of benzene rings is 2. The van der Waals surface area contributed by atoms with Crippen molar-refractivity contribution >= 4 is 39.9 Å². The molecule has 0 saturated carbocycles. The molecule has 0 unspecified atom stereocenters. The largest absolute Gasteiger partial charge is 0.507 e. The third-order valence-electron chi connectivity index (χ3n) is 5.75. The van der Waals surface area contributed by atoms with Gasteiger partial charge in [-0.1, -0.05) is 29.5 Å². The van der Waals surface area contributed by atoms with Gasteiger partial charge >= 0.3 is 11.9 Å². The second kappa shape index (κ2) is 10.3. The molecule has 4 rings (SSSR count). The standard InChI is InChI=1S/C26H24N2O8S/c1-5-36-18-12-14(9-10-17(18)29)20-19(21(30)15-7-6-8-16(11-15)34-3)22(31)24(32)28(20)26-27-13(2)23(37-26)25(33)35-4/h6-12,20,29-30H,5H2,1-4H3/b21-19+/t20-/m1/s1. The van der Waals surface area contributed by atoms with Crippen molar-refractivity contribution in [2.24, 2.45) is 0 Å². The number of amides is 1. The molecule has 0 aliphatic carbocycles. The Bertz CT molecular complexity index is 1430. The molecule has 3 aromatic rings. The van der Waals surface area contributed by atoms with E-state index in [1.165, 1.54) is 38.5 Å². The Hall–Kier alpha value is -4.38. The first-order valence-electron chi connectivity index (χ1n) is 11.2. The van der Waals surface area contributed by atoms with Crippen LogP contribution < -0.4 is 14.4 Å². The second-order valence-electron chi connectivity index (χ2n) is 7.96. The first-order valence-corrected chi connectivity index (χ1v) is 12.0. The Balaban J connectivity index is 1.96. The molecule has 37 heavy (non-hydrogen) atoms. The summed E-state index contributed by atoms with van der Waals surface area (Å²) in [5.41, 5.74) is 0.758. The van der Waals surface area contributed by atoms with Crippen LogP contribution in [0.4, 0.5) is 5.13 Å². The normalized spacial score (nSPS) is 16.6. The minimum atomic E-state index is -1.14. The molecule has 2 aromatic carbocycles. The second-order valence-corrected chi connectivity index (χ2v) is 8.94. The number of phenolic OH excluding ortho intramolecular Hbond substituents is 1. The van der Waals surface area contributed by atoms with E-state index in [0.717, 1.165) is 16.2 Å². The van der Waals surface area contributed by atoms with Crippen LogP contribution in [0.15, 0.2) is 48.0 Å². The van der Waals surface area contributed by atoms with Gasteiger partial charge in [0.15, 0.2) is 16.6 Å². The number of aromatic hydroxyl groups is 1. The Morgan fingerprint density at radius 3 is 2.59 bits per heavy atom. The topological polar surface area (TPSA) is 135 Å². The lowest BCUT2D eigenvalue weighted by molar-refractivity contribution is -0.132. The van der Waals surface area contributed by atoms with Crippen LogP contribution in [0.3, 0.4) is 0 Å². The number of carbonyl (C=O) groups is 3. The number of carbonyl (C=O) groups excluding carboxylic acids is 3. The van der Waals surface area contributed by atoms with E-state index in [1.807, 2.05) is 0 Å². The Morgan fingerprint density at radius 1 is 1.16 bits per heavy atom. The number of aromatic nitrogens is 1. The Morgan fingerprint density at radius 2 is 1.92 bits per heavy atom. The predicted molar refractivity (Wildman–Crippen MR) is 135 cm³/mol. The number of methoxy groups -OCH3 is 2. The summed E-state index contributed by atoms with van der Waals surface area (Å²) in [4.78, 5) is 44.6. The summed E-state index contributed by atoms with van der Waals surface area (Å²) in [6.45, 7) is 3.59. The Kier molecular flexibility index (Phi) is 7.16. The molecule has 1 aliphatic heterocycles. The van der Waals surface area contributed by atoms with Gasteiger partial charge in [-0.3, -0.25) is 14.5 Å². The van der Waals surface area contributed by atoms with Crippen molar-refractivity contribution in [3.8, 4) is 17.2 Å². The fourth-order valence-corrected chi connectivity index (χ4v) is 5.02. The van der Waals surface area contributed by atoms with Gasteiger partial charge in [-0.05, 0) is 43.7 Å².